The molecule has 0 radical (unpaired) electrons. The van der Waals surface area contributed by atoms with Crippen LogP contribution in [0, 0.1) is 13.8 Å². The second-order valence-corrected chi connectivity index (χ2v) is 7.41. The van der Waals surface area contributed by atoms with Crippen LogP contribution in [0.1, 0.15) is 21.5 Å². The third-order valence-corrected chi connectivity index (χ3v) is 5.17. The molecular weight excluding hydrogens is 350 g/mol. The number of carbonyl (C=O) groups is 1. The number of aryl methyl sites for hydroxylation is 2. The van der Waals surface area contributed by atoms with E-state index in [0.717, 1.165) is 10.6 Å². The van der Waals surface area contributed by atoms with Gasteiger partial charge in [-0.2, -0.15) is 0 Å². The molecule has 0 saturated carbocycles. The summed E-state index contributed by atoms with van der Waals surface area (Å²) < 4.78 is 0. The van der Waals surface area contributed by atoms with Crippen molar-refractivity contribution in [1.82, 2.24) is 0 Å². The topological polar surface area (TPSA) is 29.1 Å². The maximum absolute atomic E-state index is 12.2. The summed E-state index contributed by atoms with van der Waals surface area (Å²) in [5, 5.41) is 3.44. The molecule has 0 unspecified atom stereocenters. The molecule has 1 N–H and O–H groups in total. The van der Waals surface area contributed by atoms with Gasteiger partial charge in [0.05, 0.1) is 0 Å². The lowest BCUT2D eigenvalue weighted by molar-refractivity contribution is 0.102. The molecule has 0 aliphatic carbocycles. The van der Waals surface area contributed by atoms with E-state index in [4.69, 9.17) is 11.6 Å². The van der Waals surface area contributed by atoms with Crippen molar-refractivity contribution in [2.45, 2.75) is 23.6 Å². The fourth-order valence-electron chi connectivity index (χ4n) is 2.38. The van der Waals surface area contributed by atoms with E-state index in [1.165, 1.54) is 16.0 Å². The van der Waals surface area contributed by atoms with Crippen molar-refractivity contribution in [3.05, 3.63) is 88.4 Å². The molecule has 25 heavy (non-hydrogen) atoms. The molecule has 0 heterocycles. The van der Waals surface area contributed by atoms with Gasteiger partial charge in [0.1, 0.15) is 0 Å². The average molecular weight is 368 g/mol. The number of anilines is 1. The molecule has 3 aromatic rings. The SMILES string of the molecule is Cc1ccc(C)c(Sc2ccc(NC(=O)c3cccc(Cl)c3)cc2)c1. The number of amides is 1. The largest absolute Gasteiger partial charge is 0.322 e. The normalized spacial score (nSPS) is 10.5. The Morgan fingerprint density at radius 1 is 0.960 bits per heavy atom. The van der Waals surface area contributed by atoms with Crippen molar-refractivity contribution < 1.29 is 4.79 Å². The molecule has 1 amide bonds. The van der Waals surface area contributed by atoms with E-state index < -0.39 is 0 Å². The van der Waals surface area contributed by atoms with Crippen LogP contribution in [-0.2, 0) is 0 Å². The molecule has 0 spiro atoms. The summed E-state index contributed by atoms with van der Waals surface area (Å²) in [7, 11) is 0. The van der Waals surface area contributed by atoms with E-state index in [-0.39, 0.29) is 5.91 Å². The summed E-state index contributed by atoms with van der Waals surface area (Å²) in [5.74, 6) is -0.169. The lowest BCUT2D eigenvalue weighted by Crippen LogP contribution is -2.11. The Morgan fingerprint density at radius 3 is 2.44 bits per heavy atom. The molecule has 126 valence electrons. The summed E-state index contributed by atoms with van der Waals surface area (Å²) in [4.78, 5) is 14.6. The zero-order chi connectivity index (χ0) is 17.8. The van der Waals surface area contributed by atoms with E-state index in [1.54, 1.807) is 36.0 Å². The molecule has 0 aromatic heterocycles. The number of halogens is 1. The Labute approximate surface area is 157 Å². The van der Waals surface area contributed by atoms with Crippen LogP contribution in [0.15, 0.2) is 76.5 Å². The van der Waals surface area contributed by atoms with Gasteiger partial charge in [-0.3, -0.25) is 4.79 Å². The van der Waals surface area contributed by atoms with Crippen LogP contribution in [-0.4, -0.2) is 5.91 Å². The maximum atomic E-state index is 12.2. The molecule has 2 nitrogen and oxygen atoms in total. The van der Waals surface area contributed by atoms with Crippen molar-refractivity contribution in [2.75, 3.05) is 5.32 Å². The van der Waals surface area contributed by atoms with Gasteiger partial charge in [0.25, 0.3) is 5.91 Å². The predicted octanol–water partition coefficient (Wildman–Crippen LogP) is 6.36. The standard InChI is InChI=1S/C21H18ClNOS/c1-14-6-7-15(2)20(12-14)25-19-10-8-18(9-11-19)23-21(24)16-4-3-5-17(22)13-16/h3-13H,1-2H3,(H,23,24). The van der Waals surface area contributed by atoms with E-state index >= 15 is 0 Å². The lowest BCUT2D eigenvalue weighted by Gasteiger charge is -2.09. The predicted molar refractivity (Wildman–Crippen MR) is 106 cm³/mol. The van der Waals surface area contributed by atoms with Crippen LogP contribution >= 0.6 is 23.4 Å². The molecule has 4 heteroatoms. The Hall–Kier alpha value is -2.23. The zero-order valence-corrected chi connectivity index (χ0v) is 15.6. The van der Waals surface area contributed by atoms with E-state index in [2.05, 4.69) is 37.4 Å². The third-order valence-electron chi connectivity index (χ3n) is 3.77. The fourth-order valence-corrected chi connectivity index (χ4v) is 3.57. The smallest absolute Gasteiger partial charge is 0.255 e. The highest BCUT2D eigenvalue weighted by molar-refractivity contribution is 7.99. The minimum atomic E-state index is -0.169. The summed E-state index contributed by atoms with van der Waals surface area (Å²) in [6.07, 6.45) is 0. The minimum Gasteiger partial charge on any atom is -0.322 e. The Morgan fingerprint density at radius 2 is 1.72 bits per heavy atom. The van der Waals surface area contributed by atoms with Crippen molar-refractivity contribution in [3.8, 4) is 0 Å². The van der Waals surface area contributed by atoms with Crippen LogP contribution in [0.25, 0.3) is 0 Å². The Kier molecular flexibility index (Phi) is 5.47. The maximum Gasteiger partial charge on any atom is 0.255 e. The van der Waals surface area contributed by atoms with E-state index in [0.29, 0.717) is 10.6 Å². The van der Waals surface area contributed by atoms with Gasteiger partial charge in [-0.25, -0.2) is 0 Å². The first-order valence-corrected chi connectivity index (χ1v) is 9.13. The van der Waals surface area contributed by atoms with Crippen molar-refractivity contribution >= 4 is 35.0 Å². The minimum absolute atomic E-state index is 0.169. The molecular formula is C21H18ClNOS. The van der Waals surface area contributed by atoms with Gasteiger partial charge in [0.15, 0.2) is 0 Å². The number of carbonyl (C=O) groups excluding carboxylic acids is 1. The number of benzene rings is 3. The fraction of sp³-hybridized carbons (Fsp3) is 0.0952. The van der Waals surface area contributed by atoms with Crippen LogP contribution in [0.2, 0.25) is 5.02 Å². The monoisotopic (exact) mass is 367 g/mol. The van der Waals surface area contributed by atoms with Crippen LogP contribution in [0.5, 0.6) is 0 Å². The molecule has 0 fully saturated rings. The van der Waals surface area contributed by atoms with Crippen LogP contribution < -0.4 is 5.32 Å². The number of hydrogen-bond donors (Lipinski definition) is 1. The Balaban J connectivity index is 1.70. The van der Waals surface area contributed by atoms with Crippen LogP contribution in [0.3, 0.4) is 0 Å². The second kappa shape index (κ2) is 7.77. The molecule has 3 rings (SSSR count). The first-order chi connectivity index (χ1) is 12.0. The lowest BCUT2D eigenvalue weighted by atomic mass is 10.2. The van der Waals surface area contributed by atoms with Gasteiger partial charge >= 0.3 is 0 Å². The van der Waals surface area contributed by atoms with Gasteiger partial charge in [-0.05, 0) is 73.5 Å². The van der Waals surface area contributed by atoms with E-state index in [9.17, 15) is 4.79 Å². The van der Waals surface area contributed by atoms with Crippen molar-refractivity contribution in [2.24, 2.45) is 0 Å². The van der Waals surface area contributed by atoms with Crippen molar-refractivity contribution in [1.29, 1.82) is 0 Å². The molecule has 0 saturated heterocycles. The quantitative estimate of drug-likeness (QED) is 0.581. The first kappa shape index (κ1) is 17.6. The van der Waals surface area contributed by atoms with Crippen molar-refractivity contribution in [3.63, 3.8) is 0 Å². The third kappa shape index (κ3) is 4.65. The number of hydrogen-bond acceptors (Lipinski definition) is 2. The molecule has 3 aromatic carbocycles. The molecule has 0 aliphatic heterocycles. The summed E-state index contributed by atoms with van der Waals surface area (Å²) in [6, 6.07) is 21.2. The van der Waals surface area contributed by atoms with Gasteiger partial charge in [0.2, 0.25) is 0 Å². The summed E-state index contributed by atoms with van der Waals surface area (Å²) >= 11 is 7.65. The molecule has 0 atom stereocenters. The Bertz CT molecular complexity index is 906. The van der Waals surface area contributed by atoms with Gasteiger partial charge in [-0.1, -0.05) is 41.6 Å². The highest BCUT2D eigenvalue weighted by Gasteiger charge is 2.07. The summed E-state index contributed by atoms with van der Waals surface area (Å²) in [6.45, 7) is 4.21. The summed E-state index contributed by atoms with van der Waals surface area (Å²) in [5.41, 5.74) is 3.81. The number of nitrogens with one attached hydrogen (secondary N) is 1. The molecule has 0 aliphatic rings. The van der Waals surface area contributed by atoms with Crippen LogP contribution in [0.4, 0.5) is 5.69 Å². The highest BCUT2D eigenvalue weighted by atomic mass is 35.5. The average Bonchev–Trinajstić information content (AvgIpc) is 2.60. The van der Waals surface area contributed by atoms with Gasteiger partial charge in [0, 0.05) is 26.1 Å². The highest BCUT2D eigenvalue weighted by Crippen LogP contribution is 2.31. The first-order valence-electron chi connectivity index (χ1n) is 7.93. The van der Waals surface area contributed by atoms with Gasteiger partial charge < -0.3 is 5.32 Å². The van der Waals surface area contributed by atoms with E-state index in [1.807, 2.05) is 24.3 Å². The van der Waals surface area contributed by atoms with Gasteiger partial charge in [-0.15, -0.1) is 0 Å². The zero-order valence-electron chi connectivity index (χ0n) is 14.0. The molecule has 0 bridgehead atoms. The number of rotatable bonds is 4. The second-order valence-electron chi connectivity index (χ2n) is 5.86.